The fraction of sp³-hybridized carbons (Fsp3) is 0.538. The predicted octanol–water partition coefficient (Wildman–Crippen LogP) is 4.28. The van der Waals surface area contributed by atoms with Crippen LogP contribution in [0.2, 0.25) is 10.0 Å². The molecule has 0 aromatic heterocycles. The van der Waals surface area contributed by atoms with Gasteiger partial charge in [-0.3, -0.25) is 8.91 Å². The second-order valence-electron chi connectivity index (χ2n) is 5.10. The molecule has 0 amide bonds. The Bertz CT molecular complexity index is 481. The number of nitrogens with one attached hydrogen (secondary N) is 1. The van der Waals surface area contributed by atoms with Gasteiger partial charge in [0.1, 0.15) is 0 Å². The number of benzene rings is 1. The Kier molecular flexibility index (Phi) is 5.55. The molecule has 1 aromatic rings. The van der Waals surface area contributed by atoms with E-state index >= 15 is 0 Å². The second-order valence-corrected chi connectivity index (χ2v) is 6.78. The van der Waals surface area contributed by atoms with E-state index in [1.807, 2.05) is 0 Å². The van der Waals surface area contributed by atoms with E-state index in [1.54, 1.807) is 0 Å². The Morgan fingerprint density at radius 2 is 1.80 bits per heavy atom. The molecule has 1 aliphatic carbocycles. The monoisotopic (exact) mass is 337 g/mol. The summed E-state index contributed by atoms with van der Waals surface area (Å²) < 4.78 is 20.0. The SMILES string of the molecule is CC1CCC(OS(=O)Nc2cc(Cl)c(O)c(Cl)c2)CC1. The van der Waals surface area contributed by atoms with Crippen molar-refractivity contribution in [2.45, 2.75) is 38.7 Å². The maximum atomic E-state index is 11.9. The van der Waals surface area contributed by atoms with Gasteiger partial charge in [0.2, 0.25) is 0 Å². The van der Waals surface area contributed by atoms with Gasteiger partial charge in [0, 0.05) is 0 Å². The average molecular weight is 338 g/mol. The van der Waals surface area contributed by atoms with E-state index in [9.17, 15) is 9.32 Å². The molecule has 1 unspecified atom stereocenters. The number of aromatic hydroxyl groups is 1. The van der Waals surface area contributed by atoms with E-state index in [-0.39, 0.29) is 21.9 Å². The van der Waals surface area contributed by atoms with Gasteiger partial charge >= 0.3 is 0 Å². The van der Waals surface area contributed by atoms with Crippen molar-refractivity contribution in [3.63, 3.8) is 0 Å². The molecule has 0 heterocycles. The molecule has 7 heteroatoms. The molecule has 0 aliphatic heterocycles. The van der Waals surface area contributed by atoms with Crippen LogP contribution < -0.4 is 4.72 Å². The molecular weight excluding hydrogens is 321 g/mol. The number of rotatable bonds is 4. The molecule has 0 saturated heterocycles. The zero-order valence-electron chi connectivity index (χ0n) is 11.1. The van der Waals surface area contributed by atoms with Crippen molar-refractivity contribution in [3.8, 4) is 5.75 Å². The van der Waals surface area contributed by atoms with Crippen molar-refractivity contribution in [2.24, 2.45) is 5.92 Å². The fourth-order valence-electron chi connectivity index (χ4n) is 2.19. The molecule has 2 N–H and O–H groups in total. The molecule has 1 aromatic carbocycles. The van der Waals surface area contributed by atoms with Crippen LogP contribution in [0.25, 0.3) is 0 Å². The molecule has 1 saturated carbocycles. The van der Waals surface area contributed by atoms with E-state index in [4.69, 9.17) is 27.4 Å². The summed E-state index contributed by atoms with van der Waals surface area (Å²) in [5.74, 6) is 0.526. The molecule has 1 aliphatic rings. The van der Waals surface area contributed by atoms with Crippen molar-refractivity contribution in [2.75, 3.05) is 4.72 Å². The van der Waals surface area contributed by atoms with Crippen LogP contribution in [0.3, 0.4) is 0 Å². The van der Waals surface area contributed by atoms with Crippen LogP contribution in [0.4, 0.5) is 5.69 Å². The summed E-state index contributed by atoms with van der Waals surface area (Å²) in [4.78, 5) is 0. The van der Waals surface area contributed by atoms with Crippen LogP contribution in [-0.2, 0) is 15.4 Å². The summed E-state index contributed by atoms with van der Waals surface area (Å²) in [5.41, 5.74) is 0.445. The largest absolute Gasteiger partial charge is 0.505 e. The Morgan fingerprint density at radius 1 is 1.25 bits per heavy atom. The van der Waals surface area contributed by atoms with Crippen molar-refractivity contribution in [3.05, 3.63) is 22.2 Å². The highest BCUT2D eigenvalue weighted by Crippen LogP contribution is 2.35. The third-order valence-corrected chi connectivity index (χ3v) is 4.83. The zero-order valence-corrected chi connectivity index (χ0v) is 13.4. The number of hydrogen-bond donors (Lipinski definition) is 2. The van der Waals surface area contributed by atoms with Gasteiger partial charge in [-0.15, -0.1) is 0 Å². The van der Waals surface area contributed by atoms with E-state index < -0.39 is 11.3 Å². The Hall–Kier alpha value is -0.490. The van der Waals surface area contributed by atoms with Gasteiger partial charge in [-0.1, -0.05) is 30.1 Å². The highest BCUT2D eigenvalue weighted by Gasteiger charge is 2.21. The van der Waals surface area contributed by atoms with Crippen molar-refractivity contribution < 1.29 is 13.5 Å². The first-order valence-corrected chi connectivity index (χ1v) is 8.32. The lowest BCUT2D eigenvalue weighted by molar-refractivity contribution is 0.153. The normalized spacial score (nSPS) is 24.4. The van der Waals surface area contributed by atoms with Crippen LogP contribution in [-0.4, -0.2) is 15.4 Å². The Labute approximate surface area is 131 Å². The van der Waals surface area contributed by atoms with Crippen LogP contribution in [0.1, 0.15) is 32.6 Å². The van der Waals surface area contributed by atoms with Gasteiger partial charge in [0.15, 0.2) is 5.75 Å². The predicted molar refractivity (Wildman–Crippen MR) is 82.4 cm³/mol. The van der Waals surface area contributed by atoms with Crippen molar-refractivity contribution in [1.82, 2.24) is 0 Å². The molecule has 0 spiro atoms. The van der Waals surface area contributed by atoms with E-state index in [0.717, 1.165) is 25.7 Å². The van der Waals surface area contributed by atoms with Gasteiger partial charge in [-0.05, 0) is 43.7 Å². The number of halogens is 2. The van der Waals surface area contributed by atoms with Crippen LogP contribution in [0, 0.1) is 5.92 Å². The van der Waals surface area contributed by atoms with Crippen LogP contribution in [0.5, 0.6) is 5.75 Å². The lowest BCUT2D eigenvalue weighted by Crippen LogP contribution is -2.23. The molecule has 2 rings (SSSR count). The third-order valence-electron chi connectivity index (χ3n) is 3.40. The topological polar surface area (TPSA) is 58.6 Å². The van der Waals surface area contributed by atoms with Gasteiger partial charge in [0.05, 0.1) is 21.8 Å². The van der Waals surface area contributed by atoms with E-state index in [1.165, 1.54) is 12.1 Å². The average Bonchev–Trinajstić information content (AvgIpc) is 2.38. The number of phenolic OH excluding ortho intramolecular Hbond substituents is 1. The second kappa shape index (κ2) is 6.98. The molecule has 4 nitrogen and oxygen atoms in total. The van der Waals surface area contributed by atoms with E-state index in [2.05, 4.69) is 11.6 Å². The highest BCUT2D eigenvalue weighted by molar-refractivity contribution is 7.81. The standard InChI is InChI=1S/C13H17Cl2NO3S/c1-8-2-4-10(5-3-8)19-20(18)16-9-6-11(14)13(17)12(15)7-9/h6-8,10,16-17H,2-5H2,1H3. The minimum atomic E-state index is -1.65. The van der Waals surface area contributed by atoms with Gasteiger partial charge in [-0.2, -0.15) is 0 Å². The summed E-state index contributed by atoms with van der Waals surface area (Å²) in [6, 6.07) is 2.90. The lowest BCUT2D eigenvalue weighted by atomic mass is 9.89. The number of phenols is 1. The first-order valence-electron chi connectivity index (χ1n) is 6.49. The first kappa shape index (κ1) is 15.9. The molecule has 112 valence electrons. The zero-order chi connectivity index (χ0) is 14.7. The minimum Gasteiger partial charge on any atom is -0.505 e. The maximum absolute atomic E-state index is 11.9. The number of hydrogen-bond acceptors (Lipinski definition) is 3. The molecule has 20 heavy (non-hydrogen) atoms. The third kappa shape index (κ3) is 4.25. The van der Waals surface area contributed by atoms with Gasteiger partial charge in [-0.25, -0.2) is 4.21 Å². The minimum absolute atomic E-state index is 0.0163. The fourth-order valence-corrected chi connectivity index (χ4v) is 3.48. The highest BCUT2D eigenvalue weighted by atomic mass is 35.5. The summed E-state index contributed by atoms with van der Waals surface area (Å²) in [7, 11) is 0. The van der Waals surface area contributed by atoms with Gasteiger partial charge in [0.25, 0.3) is 11.3 Å². The smallest absolute Gasteiger partial charge is 0.262 e. The molecule has 0 radical (unpaired) electrons. The maximum Gasteiger partial charge on any atom is 0.262 e. The lowest BCUT2D eigenvalue weighted by Gasteiger charge is -2.25. The molecule has 1 atom stereocenters. The van der Waals surface area contributed by atoms with Gasteiger partial charge < -0.3 is 5.11 Å². The summed E-state index contributed by atoms with van der Waals surface area (Å²) in [6.45, 7) is 2.21. The first-order chi connectivity index (χ1) is 9.45. The van der Waals surface area contributed by atoms with Crippen LogP contribution >= 0.6 is 23.2 Å². The van der Waals surface area contributed by atoms with Crippen molar-refractivity contribution in [1.29, 1.82) is 0 Å². The Morgan fingerprint density at radius 3 is 2.35 bits per heavy atom. The van der Waals surface area contributed by atoms with E-state index in [0.29, 0.717) is 11.6 Å². The van der Waals surface area contributed by atoms with Crippen LogP contribution in [0.15, 0.2) is 12.1 Å². The molecule has 0 bridgehead atoms. The summed E-state index contributed by atoms with van der Waals surface area (Å²) >= 11 is 9.94. The molecule has 1 fully saturated rings. The summed E-state index contributed by atoms with van der Waals surface area (Å²) in [5, 5.41) is 9.65. The Balaban J connectivity index is 1.91. The quantitative estimate of drug-likeness (QED) is 0.806. The molecular formula is C13H17Cl2NO3S. The number of anilines is 1. The van der Waals surface area contributed by atoms with Crippen molar-refractivity contribution >= 4 is 40.2 Å². The summed E-state index contributed by atoms with van der Waals surface area (Å²) in [6.07, 6.45) is 4.05.